The highest BCUT2D eigenvalue weighted by Crippen LogP contribution is 2.17. The number of carbonyl (C=O) groups excluding carboxylic acids is 1. The molecule has 2 aromatic rings. The van der Waals surface area contributed by atoms with Crippen molar-refractivity contribution in [2.24, 2.45) is 0 Å². The SMILES string of the molecule is CC(C)Nc1ncccc1C(=O)NC1CCN(Cc2ccccc2)CC1. The summed E-state index contributed by atoms with van der Waals surface area (Å²) in [5.74, 6) is 0.615. The normalized spacial score (nSPS) is 15.8. The number of pyridine rings is 1. The molecule has 0 radical (unpaired) electrons. The summed E-state index contributed by atoms with van der Waals surface area (Å²) in [7, 11) is 0. The van der Waals surface area contributed by atoms with Gasteiger partial charge in [-0.3, -0.25) is 9.69 Å². The van der Waals surface area contributed by atoms with Crippen LogP contribution in [0.4, 0.5) is 5.82 Å². The lowest BCUT2D eigenvalue weighted by Gasteiger charge is -2.32. The average Bonchev–Trinajstić information content (AvgIpc) is 2.64. The number of likely N-dealkylation sites (tertiary alicyclic amines) is 1. The molecule has 0 bridgehead atoms. The number of hydrogen-bond acceptors (Lipinski definition) is 4. The van der Waals surface area contributed by atoms with E-state index in [0.29, 0.717) is 11.4 Å². The van der Waals surface area contributed by atoms with Crippen LogP contribution in [-0.2, 0) is 6.54 Å². The number of benzene rings is 1. The number of amides is 1. The Morgan fingerprint density at radius 2 is 1.88 bits per heavy atom. The molecule has 1 aliphatic heterocycles. The summed E-state index contributed by atoms with van der Waals surface area (Å²) in [6, 6.07) is 14.6. The maximum atomic E-state index is 12.7. The van der Waals surface area contributed by atoms with Crippen molar-refractivity contribution in [2.45, 2.75) is 45.3 Å². The zero-order valence-electron chi connectivity index (χ0n) is 15.6. The fourth-order valence-electron chi connectivity index (χ4n) is 3.32. The second-order valence-electron chi connectivity index (χ2n) is 7.21. The predicted octanol–water partition coefficient (Wildman–Crippen LogP) is 3.30. The summed E-state index contributed by atoms with van der Waals surface area (Å²) < 4.78 is 0. The van der Waals surface area contributed by atoms with Gasteiger partial charge < -0.3 is 10.6 Å². The van der Waals surface area contributed by atoms with Gasteiger partial charge in [0.15, 0.2) is 0 Å². The average molecular weight is 352 g/mol. The van der Waals surface area contributed by atoms with E-state index in [4.69, 9.17) is 0 Å². The van der Waals surface area contributed by atoms with E-state index >= 15 is 0 Å². The van der Waals surface area contributed by atoms with Crippen LogP contribution in [-0.4, -0.2) is 41.0 Å². The first kappa shape index (κ1) is 18.4. The van der Waals surface area contributed by atoms with Crippen LogP contribution in [0.15, 0.2) is 48.7 Å². The van der Waals surface area contributed by atoms with Gasteiger partial charge in [0.25, 0.3) is 5.91 Å². The minimum Gasteiger partial charge on any atom is -0.367 e. The number of anilines is 1. The largest absolute Gasteiger partial charge is 0.367 e. The van der Waals surface area contributed by atoms with Crippen LogP contribution in [0.25, 0.3) is 0 Å². The Balaban J connectivity index is 1.52. The Kier molecular flexibility index (Phi) is 6.23. The van der Waals surface area contributed by atoms with Crippen molar-refractivity contribution in [1.29, 1.82) is 0 Å². The maximum absolute atomic E-state index is 12.7. The van der Waals surface area contributed by atoms with Gasteiger partial charge in [-0.1, -0.05) is 30.3 Å². The van der Waals surface area contributed by atoms with Crippen LogP contribution in [0.1, 0.15) is 42.6 Å². The fraction of sp³-hybridized carbons (Fsp3) is 0.429. The zero-order valence-corrected chi connectivity index (χ0v) is 15.6. The lowest BCUT2D eigenvalue weighted by Crippen LogP contribution is -2.44. The van der Waals surface area contributed by atoms with Crippen molar-refractivity contribution in [2.75, 3.05) is 18.4 Å². The summed E-state index contributed by atoms with van der Waals surface area (Å²) in [6.45, 7) is 7.07. The predicted molar refractivity (Wildman–Crippen MR) is 105 cm³/mol. The summed E-state index contributed by atoms with van der Waals surface area (Å²) >= 11 is 0. The van der Waals surface area contributed by atoms with E-state index in [0.717, 1.165) is 32.5 Å². The monoisotopic (exact) mass is 352 g/mol. The number of nitrogens with one attached hydrogen (secondary N) is 2. The molecule has 0 spiro atoms. The lowest BCUT2D eigenvalue weighted by molar-refractivity contribution is 0.0909. The van der Waals surface area contributed by atoms with Crippen LogP contribution in [0.3, 0.4) is 0 Å². The van der Waals surface area contributed by atoms with Gasteiger partial charge in [0, 0.05) is 37.9 Å². The molecule has 0 saturated carbocycles. The second-order valence-corrected chi connectivity index (χ2v) is 7.21. The number of carbonyl (C=O) groups is 1. The van der Waals surface area contributed by atoms with Crippen LogP contribution >= 0.6 is 0 Å². The molecule has 1 aromatic heterocycles. The zero-order chi connectivity index (χ0) is 18.4. The molecule has 3 rings (SSSR count). The Hall–Kier alpha value is -2.40. The standard InChI is InChI=1S/C21H28N4O/c1-16(2)23-20-19(9-6-12-22-20)21(26)24-18-10-13-25(14-11-18)15-17-7-4-3-5-8-17/h3-9,12,16,18H,10-11,13-15H2,1-2H3,(H,22,23)(H,24,26). The van der Waals surface area contributed by atoms with E-state index in [2.05, 4.69) is 44.8 Å². The van der Waals surface area contributed by atoms with Crippen molar-refractivity contribution in [3.05, 3.63) is 59.8 Å². The molecule has 2 N–H and O–H groups in total. The van der Waals surface area contributed by atoms with Gasteiger partial charge in [-0.25, -0.2) is 4.98 Å². The molecule has 2 heterocycles. The van der Waals surface area contributed by atoms with E-state index in [1.807, 2.05) is 32.0 Å². The van der Waals surface area contributed by atoms with Crippen molar-refractivity contribution >= 4 is 11.7 Å². The summed E-state index contributed by atoms with van der Waals surface area (Å²) in [4.78, 5) is 19.4. The molecule has 1 amide bonds. The summed E-state index contributed by atoms with van der Waals surface area (Å²) in [5, 5.41) is 6.43. The van der Waals surface area contributed by atoms with Gasteiger partial charge in [-0.05, 0) is 44.4 Å². The number of aromatic nitrogens is 1. The summed E-state index contributed by atoms with van der Waals surface area (Å²) in [6.07, 6.45) is 3.67. The Bertz CT molecular complexity index is 709. The van der Waals surface area contributed by atoms with Crippen molar-refractivity contribution < 1.29 is 4.79 Å². The molecule has 1 fully saturated rings. The van der Waals surface area contributed by atoms with Gasteiger partial charge in [0.05, 0.1) is 5.56 Å². The number of hydrogen-bond donors (Lipinski definition) is 2. The molecular weight excluding hydrogens is 324 g/mol. The molecule has 26 heavy (non-hydrogen) atoms. The smallest absolute Gasteiger partial charge is 0.255 e. The fourth-order valence-corrected chi connectivity index (χ4v) is 3.32. The van der Waals surface area contributed by atoms with Crippen LogP contribution < -0.4 is 10.6 Å². The molecule has 0 unspecified atom stereocenters. The highest BCUT2D eigenvalue weighted by molar-refractivity contribution is 5.98. The third-order valence-electron chi connectivity index (χ3n) is 4.65. The first-order valence-electron chi connectivity index (χ1n) is 9.40. The topological polar surface area (TPSA) is 57.3 Å². The van der Waals surface area contributed by atoms with Gasteiger partial charge in [0.2, 0.25) is 0 Å². The van der Waals surface area contributed by atoms with Crippen LogP contribution in [0.5, 0.6) is 0 Å². The van der Waals surface area contributed by atoms with E-state index in [1.54, 1.807) is 6.20 Å². The molecule has 138 valence electrons. The highest BCUT2D eigenvalue weighted by atomic mass is 16.1. The Morgan fingerprint density at radius 3 is 2.58 bits per heavy atom. The molecule has 1 saturated heterocycles. The number of rotatable bonds is 6. The number of nitrogens with zero attached hydrogens (tertiary/aromatic N) is 2. The van der Waals surface area contributed by atoms with Crippen molar-refractivity contribution in [3.63, 3.8) is 0 Å². The highest BCUT2D eigenvalue weighted by Gasteiger charge is 2.22. The van der Waals surface area contributed by atoms with Gasteiger partial charge in [-0.15, -0.1) is 0 Å². The van der Waals surface area contributed by atoms with E-state index in [-0.39, 0.29) is 18.0 Å². The van der Waals surface area contributed by atoms with Gasteiger partial charge in [0.1, 0.15) is 5.82 Å². The summed E-state index contributed by atoms with van der Waals surface area (Å²) in [5.41, 5.74) is 1.96. The second kappa shape index (κ2) is 8.81. The minimum absolute atomic E-state index is 0.0391. The molecule has 1 aliphatic rings. The number of piperidine rings is 1. The third-order valence-corrected chi connectivity index (χ3v) is 4.65. The molecule has 5 heteroatoms. The Labute approximate surface area is 155 Å². The first-order valence-corrected chi connectivity index (χ1v) is 9.40. The van der Waals surface area contributed by atoms with E-state index in [9.17, 15) is 4.79 Å². The quantitative estimate of drug-likeness (QED) is 0.837. The molecule has 5 nitrogen and oxygen atoms in total. The molecular formula is C21H28N4O. The van der Waals surface area contributed by atoms with Gasteiger partial charge in [-0.2, -0.15) is 0 Å². The van der Waals surface area contributed by atoms with Crippen LogP contribution in [0, 0.1) is 0 Å². The van der Waals surface area contributed by atoms with E-state index < -0.39 is 0 Å². The van der Waals surface area contributed by atoms with E-state index in [1.165, 1.54) is 5.56 Å². The van der Waals surface area contributed by atoms with Crippen molar-refractivity contribution in [1.82, 2.24) is 15.2 Å². The van der Waals surface area contributed by atoms with Crippen LogP contribution in [0.2, 0.25) is 0 Å². The third kappa shape index (κ3) is 5.05. The first-order chi connectivity index (χ1) is 12.6. The molecule has 0 atom stereocenters. The van der Waals surface area contributed by atoms with Gasteiger partial charge >= 0.3 is 0 Å². The molecule has 0 aliphatic carbocycles. The molecule has 1 aromatic carbocycles. The Morgan fingerprint density at radius 1 is 1.15 bits per heavy atom. The lowest BCUT2D eigenvalue weighted by atomic mass is 10.0. The minimum atomic E-state index is -0.0391. The maximum Gasteiger partial charge on any atom is 0.255 e. The van der Waals surface area contributed by atoms with Crippen molar-refractivity contribution in [3.8, 4) is 0 Å².